The van der Waals surface area contributed by atoms with Crippen molar-refractivity contribution in [1.82, 2.24) is 20.0 Å². The Morgan fingerprint density at radius 2 is 1.84 bits per heavy atom. The topological polar surface area (TPSA) is 49.3 Å². The van der Waals surface area contributed by atoms with Crippen LogP contribution in [0.5, 0.6) is 0 Å². The summed E-state index contributed by atoms with van der Waals surface area (Å²) in [5.41, 5.74) is 0.335. The minimum absolute atomic E-state index is 0.110. The maximum absolute atomic E-state index is 12.4. The standard InChI is InChI=1S/C12H14Cl2N4O/c13-10-7-9(11(14)16-15-10)12(19)18-5-3-17(4-6-18)8-1-2-8/h7-8H,1-6H2. The van der Waals surface area contributed by atoms with Crippen molar-refractivity contribution in [2.75, 3.05) is 26.2 Å². The lowest BCUT2D eigenvalue weighted by molar-refractivity contribution is 0.0627. The monoisotopic (exact) mass is 300 g/mol. The third-order valence-electron chi connectivity index (χ3n) is 3.61. The van der Waals surface area contributed by atoms with E-state index < -0.39 is 0 Å². The number of carbonyl (C=O) groups excluding carboxylic acids is 1. The van der Waals surface area contributed by atoms with Crippen molar-refractivity contribution in [2.45, 2.75) is 18.9 Å². The van der Waals surface area contributed by atoms with Crippen molar-refractivity contribution < 1.29 is 4.79 Å². The van der Waals surface area contributed by atoms with Crippen LogP contribution >= 0.6 is 23.2 Å². The highest BCUT2D eigenvalue weighted by Gasteiger charge is 2.32. The molecule has 2 heterocycles. The molecule has 5 nitrogen and oxygen atoms in total. The van der Waals surface area contributed by atoms with Gasteiger partial charge in [0.15, 0.2) is 10.3 Å². The molecule has 1 aromatic rings. The van der Waals surface area contributed by atoms with Crippen LogP contribution in [-0.2, 0) is 0 Å². The molecule has 1 aliphatic heterocycles. The number of hydrogen-bond acceptors (Lipinski definition) is 4. The van der Waals surface area contributed by atoms with Gasteiger partial charge >= 0.3 is 0 Å². The molecule has 1 saturated carbocycles. The molecule has 0 N–H and O–H groups in total. The van der Waals surface area contributed by atoms with E-state index in [9.17, 15) is 4.79 Å². The van der Waals surface area contributed by atoms with E-state index >= 15 is 0 Å². The van der Waals surface area contributed by atoms with Crippen molar-refractivity contribution in [3.05, 3.63) is 21.9 Å². The van der Waals surface area contributed by atoms with Gasteiger partial charge < -0.3 is 4.90 Å². The van der Waals surface area contributed by atoms with Crippen molar-refractivity contribution >= 4 is 29.1 Å². The van der Waals surface area contributed by atoms with E-state index in [1.165, 1.54) is 18.9 Å². The molecule has 1 aliphatic carbocycles. The first-order valence-corrected chi connectivity index (χ1v) is 7.13. The van der Waals surface area contributed by atoms with E-state index in [0.717, 1.165) is 32.2 Å². The fraction of sp³-hybridized carbons (Fsp3) is 0.583. The molecular formula is C12H14Cl2N4O. The summed E-state index contributed by atoms with van der Waals surface area (Å²) >= 11 is 11.7. The number of halogens is 2. The highest BCUT2D eigenvalue weighted by Crippen LogP contribution is 2.28. The Kier molecular flexibility index (Phi) is 3.60. The number of amides is 1. The summed E-state index contributed by atoms with van der Waals surface area (Å²) in [6.07, 6.45) is 2.59. The van der Waals surface area contributed by atoms with E-state index in [-0.39, 0.29) is 16.2 Å². The second kappa shape index (κ2) is 5.23. The Balaban J connectivity index is 1.68. The average Bonchev–Trinajstić information content (AvgIpc) is 3.25. The first-order chi connectivity index (χ1) is 9.15. The van der Waals surface area contributed by atoms with Crippen molar-refractivity contribution in [3.8, 4) is 0 Å². The SMILES string of the molecule is O=C(c1cc(Cl)nnc1Cl)N1CCN(C2CC2)CC1. The Morgan fingerprint density at radius 1 is 1.16 bits per heavy atom. The molecule has 0 unspecified atom stereocenters. The van der Waals surface area contributed by atoms with E-state index in [0.29, 0.717) is 5.56 Å². The normalized spacial score (nSPS) is 20.6. The minimum Gasteiger partial charge on any atom is -0.336 e. The van der Waals surface area contributed by atoms with Crippen LogP contribution in [0, 0.1) is 0 Å². The zero-order valence-electron chi connectivity index (χ0n) is 10.4. The minimum atomic E-state index is -0.114. The number of rotatable bonds is 2. The molecule has 0 spiro atoms. The Bertz CT molecular complexity index is 499. The predicted octanol–water partition coefficient (Wildman–Crippen LogP) is 1.70. The van der Waals surface area contributed by atoms with E-state index in [4.69, 9.17) is 23.2 Å². The average molecular weight is 301 g/mol. The molecule has 2 fully saturated rings. The molecule has 19 heavy (non-hydrogen) atoms. The molecule has 0 atom stereocenters. The van der Waals surface area contributed by atoms with Crippen LogP contribution in [0.15, 0.2) is 6.07 Å². The molecule has 0 radical (unpaired) electrons. The lowest BCUT2D eigenvalue weighted by Gasteiger charge is -2.34. The van der Waals surface area contributed by atoms with E-state index in [2.05, 4.69) is 15.1 Å². The number of piperazine rings is 1. The number of carbonyl (C=O) groups is 1. The Morgan fingerprint density at radius 3 is 2.47 bits per heavy atom. The quantitative estimate of drug-likeness (QED) is 0.834. The Labute approximate surface area is 121 Å². The van der Waals surface area contributed by atoms with Gasteiger partial charge in [-0.25, -0.2) is 0 Å². The van der Waals surface area contributed by atoms with Gasteiger partial charge in [0.05, 0.1) is 5.56 Å². The first kappa shape index (κ1) is 13.1. The maximum Gasteiger partial charge on any atom is 0.257 e. The van der Waals surface area contributed by atoms with Crippen LogP contribution in [0.2, 0.25) is 10.3 Å². The zero-order chi connectivity index (χ0) is 13.4. The van der Waals surface area contributed by atoms with Crippen molar-refractivity contribution in [1.29, 1.82) is 0 Å². The largest absolute Gasteiger partial charge is 0.336 e. The zero-order valence-corrected chi connectivity index (χ0v) is 11.9. The van der Waals surface area contributed by atoms with Gasteiger partial charge in [-0.3, -0.25) is 9.69 Å². The lowest BCUT2D eigenvalue weighted by atomic mass is 10.2. The molecule has 1 amide bonds. The van der Waals surface area contributed by atoms with Gasteiger partial charge in [-0.15, -0.1) is 10.2 Å². The summed E-state index contributed by atoms with van der Waals surface area (Å²) in [6.45, 7) is 3.32. The fourth-order valence-corrected chi connectivity index (χ4v) is 2.72. The molecule has 102 valence electrons. The van der Waals surface area contributed by atoms with Crippen molar-refractivity contribution in [2.24, 2.45) is 0 Å². The molecule has 1 saturated heterocycles. The number of nitrogens with zero attached hydrogens (tertiary/aromatic N) is 4. The van der Waals surface area contributed by atoms with Gasteiger partial charge in [0, 0.05) is 32.2 Å². The summed E-state index contributed by atoms with van der Waals surface area (Å²) in [5, 5.41) is 7.58. The van der Waals surface area contributed by atoms with Gasteiger partial charge in [-0.05, 0) is 18.9 Å². The van der Waals surface area contributed by atoms with Gasteiger partial charge in [0.1, 0.15) is 0 Å². The smallest absolute Gasteiger partial charge is 0.257 e. The predicted molar refractivity (Wildman–Crippen MR) is 72.6 cm³/mol. The van der Waals surface area contributed by atoms with Gasteiger partial charge in [-0.1, -0.05) is 23.2 Å². The van der Waals surface area contributed by atoms with Gasteiger partial charge in [-0.2, -0.15) is 0 Å². The van der Waals surface area contributed by atoms with Crippen LogP contribution in [0.1, 0.15) is 23.2 Å². The molecule has 3 rings (SSSR count). The molecule has 1 aromatic heterocycles. The van der Waals surface area contributed by atoms with Crippen LogP contribution < -0.4 is 0 Å². The maximum atomic E-state index is 12.4. The summed E-state index contributed by atoms with van der Waals surface area (Å²) in [4.78, 5) is 16.6. The molecule has 7 heteroatoms. The second-order valence-electron chi connectivity index (χ2n) is 4.93. The first-order valence-electron chi connectivity index (χ1n) is 6.37. The highest BCUT2D eigenvalue weighted by atomic mass is 35.5. The molecule has 2 aliphatic rings. The van der Waals surface area contributed by atoms with Crippen LogP contribution in [0.3, 0.4) is 0 Å². The summed E-state index contributed by atoms with van der Waals surface area (Å²) in [7, 11) is 0. The summed E-state index contributed by atoms with van der Waals surface area (Å²) < 4.78 is 0. The third kappa shape index (κ3) is 2.83. The lowest BCUT2D eigenvalue weighted by Crippen LogP contribution is -2.49. The molecular weight excluding hydrogens is 287 g/mol. The van der Waals surface area contributed by atoms with Crippen LogP contribution in [0.4, 0.5) is 0 Å². The van der Waals surface area contributed by atoms with Crippen LogP contribution in [-0.4, -0.2) is 58.1 Å². The van der Waals surface area contributed by atoms with E-state index in [1.807, 2.05) is 0 Å². The summed E-state index contributed by atoms with van der Waals surface area (Å²) in [6, 6.07) is 2.23. The van der Waals surface area contributed by atoms with Crippen LogP contribution in [0.25, 0.3) is 0 Å². The van der Waals surface area contributed by atoms with Gasteiger partial charge in [0.25, 0.3) is 5.91 Å². The van der Waals surface area contributed by atoms with Gasteiger partial charge in [0.2, 0.25) is 0 Å². The second-order valence-corrected chi connectivity index (χ2v) is 5.68. The Hall–Kier alpha value is -0.910. The number of aromatic nitrogens is 2. The number of hydrogen-bond donors (Lipinski definition) is 0. The fourth-order valence-electron chi connectivity index (χ4n) is 2.40. The molecule has 0 aromatic carbocycles. The third-order valence-corrected chi connectivity index (χ3v) is 4.08. The highest BCUT2D eigenvalue weighted by molar-refractivity contribution is 6.34. The van der Waals surface area contributed by atoms with Crippen molar-refractivity contribution in [3.63, 3.8) is 0 Å². The molecule has 0 bridgehead atoms. The summed E-state index contributed by atoms with van der Waals surface area (Å²) in [5.74, 6) is -0.114. The van der Waals surface area contributed by atoms with E-state index in [1.54, 1.807) is 4.90 Å².